The Morgan fingerprint density at radius 3 is 0.808 bits per heavy atom. The maximum absolute atomic E-state index is 14.0. The normalized spacial score (nSPS) is 10.9. The molecule has 262 valence electrons. The Balaban J connectivity index is 1.26. The van der Waals surface area contributed by atoms with Gasteiger partial charge in [0, 0.05) is 21.3 Å². The average molecular weight is 946 g/mol. The molecule has 0 aliphatic carbocycles. The van der Waals surface area contributed by atoms with Crippen molar-refractivity contribution in [2.45, 2.75) is 21.3 Å². The third kappa shape index (κ3) is 8.85. The zero-order valence-corrected chi connectivity index (χ0v) is 34.4. The van der Waals surface area contributed by atoms with Crippen LogP contribution in [0.2, 0.25) is 0 Å². The molecule has 0 atom stereocenters. The molecule has 0 aliphatic heterocycles. The molecular formula is C44H34Br4O4. The molecule has 0 spiro atoms. The fraction of sp³-hybridized carbons (Fsp3) is 0.136. The molecule has 0 N–H and O–H groups in total. The van der Waals surface area contributed by atoms with E-state index in [4.69, 9.17) is 9.47 Å². The first-order chi connectivity index (χ1) is 25.4. The summed E-state index contributed by atoms with van der Waals surface area (Å²) < 4.78 is 11.7. The number of hydrogen-bond donors (Lipinski definition) is 0. The molecule has 8 heteroatoms. The SMILES string of the molecule is O=C(OCCOC(=O)c1c(-c2ccc(CBr)cc2)cccc1-c1ccc(CBr)cc1)c1c(-c2ccc(CBr)cc2)cccc1-c1ccc(CBr)cc1. The van der Waals surface area contributed by atoms with Crippen molar-refractivity contribution in [2.24, 2.45) is 0 Å². The second-order valence-electron chi connectivity index (χ2n) is 12.1. The molecule has 6 rings (SSSR count). The molecule has 0 saturated carbocycles. The van der Waals surface area contributed by atoms with Crippen LogP contribution in [-0.2, 0) is 30.8 Å². The molecule has 0 fully saturated rings. The number of esters is 2. The maximum atomic E-state index is 14.0. The first-order valence-corrected chi connectivity index (χ1v) is 21.1. The smallest absolute Gasteiger partial charge is 0.339 e. The Morgan fingerprint density at radius 2 is 0.596 bits per heavy atom. The number of carbonyl (C=O) groups excluding carboxylic acids is 2. The lowest BCUT2D eigenvalue weighted by molar-refractivity contribution is 0.0267. The molecule has 0 amide bonds. The van der Waals surface area contributed by atoms with Crippen molar-refractivity contribution < 1.29 is 19.1 Å². The highest BCUT2D eigenvalue weighted by Gasteiger charge is 2.23. The number of hydrogen-bond acceptors (Lipinski definition) is 4. The van der Waals surface area contributed by atoms with Gasteiger partial charge in [0.2, 0.25) is 0 Å². The summed E-state index contributed by atoms with van der Waals surface area (Å²) in [6, 6.07) is 44.0. The van der Waals surface area contributed by atoms with Gasteiger partial charge in [-0.25, -0.2) is 9.59 Å². The molecule has 4 nitrogen and oxygen atoms in total. The lowest BCUT2D eigenvalue weighted by Crippen LogP contribution is -2.16. The van der Waals surface area contributed by atoms with Gasteiger partial charge in [0.05, 0.1) is 11.1 Å². The summed E-state index contributed by atoms with van der Waals surface area (Å²) in [6.45, 7) is -0.221. The molecular weight excluding hydrogens is 912 g/mol. The van der Waals surface area contributed by atoms with Crippen molar-refractivity contribution in [1.82, 2.24) is 0 Å². The second-order valence-corrected chi connectivity index (χ2v) is 14.3. The van der Waals surface area contributed by atoms with Crippen molar-refractivity contribution in [3.05, 3.63) is 167 Å². The summed E-state index contributed by atoms with van der Waals surface area (Å²) in [7, 11) is 0. The van der Waals surface area contributed by atoms with Crippen LogP contribution in [0.15, 0.2) is 133 Å². The molecule has 6 aromatic carbocycles. The van der Waals surface area contributed by atoms with Gasteiger partial charge < -0.3 is 9.47 Å². The fourth-order valence-corrected chi connectivity index (χ4v) is 7.51. The fourth-order valence-electron chi connectivity index (χ4n) is 6.01. The average Bonchev–Trinajstić information content (AvgIpc) is 3.21. The van der Waals surface area contributed by atoms with E-state index in [2.05, 4.69) is 63.7 Å². The van der Waals surface area contributed by atoms with Crippen LogP contribution in [0.3, 0.4) is 0 Å². The van der Waals surface area contributed by atoms with Crippen molar-refractivity contribution >= 4 is 75.7 Å². The Morgan fingerprint density at radius 1 is 0.365 bits per heavy atom. The third-order valence-electron chi connectivity index (χ3n) is 8.76. The second kappa shape index (κ2) is 18.3. The summed E-state index contributed by atoms with van der Waals surface area (Å²) in [6.07, 6.45) is 0. The third-order valence-corrected chi connectivity index (χ3v) is 11.4. The summed E-state index contributed by atoms with van der Waals surface area (Å²) in [5, 5.41) is 2.94. The summed E-state index contributed by atoms with van der Waals surface area (Å²) in [4.78, 5) is 28.0. The monoisotopic (exact) mass is 942 g/mol. The van der Waals surface area contributed by atoms with Gasteiger partial charge in [0.1, 0.15) is 13.2 Å². The van der Waals surface area contributed by atoms with E-state index < -0.39 is 11.9 Å². The molecule has 0 bridgehead atoms. The largest absolute Gasteiger partial charge is 0.458 e. The summed E-state index contributed by atoms with van der Waals surface area (Å²) in [5.74, 6) is -0.980. The minimum absolute atomic E-state index is 0.110. The summed E-state index contributed by atoms with van der Waals surface area (Å²) >= 11 is 14.1. The van der Waals surface area contributed by atoms with Crippen LogP contribution < -0.4 is 0 Å². The highest BCUT2D eigenvalue weighted by molar-refractivity contribution is 9.09. The van der Waals surface area contributed by atoms with E-state index >= 15 is 0 Å². The van der Waals surface area contributed by atoms with Gasteiger partial charge in [0.15, 0.2) is 0 Å². The van der Waals surface area contributed by atoms with E-state index in [-0.39, 0.29) is 13.2 Å². The van der Waals surface area contributed by atoms with Gasteiger partial charge in [-0.05, 0) is 66.8 Å². The number of rotatable bonds is 13. The van der Waals surface area contributed by atoms with E-state index in [1.165, 1.54) is 0 Å². The quantitative estimate of drug-likeness (QED) is 0.0658. The Kier molecular flexibility index (Phi) is 13.3. The molecule has 0 aliphatic rings. The number of benzene rings is 6. The highest BCUT2D eigenvalue weighted by atomic mass is 79.9. The number of halogens is 4. The van der Waals surface area contributed by atoms with Crippen LogP contribution in [-0.4, -0.2) is 25.2 Å². The van der Waals surface area contributed by atoms with Crippen molar-refractivity contribution in [2.75, 3.05) is 13.2 Å². The predicted molar refractivity (Wildman–Crippen MR) is 226 cm³/mol. The topological polar surface area (TPSA) is 52.6 Å². The predicted octanol–water partition coefficient (Wildman–Crippen LogP) is 12.9. The zero-order valence-electron chi connectivity index (χ0n) is 28.1. The minimum atomic E-state index is -0.490. The van der Waals surface area contributed by atoms with Crippen molar-refractivity contribution in [3.8, 4) is 44.5 Å². The highest BCUT2D eigenvalue weighted by Crippen LogP contribution is 2.36. The van der Waals surface area contributed by atoms with Gasteiger partial charge in [-0.2, -0.15) is 0 Å². The maximum Gasteiger partial charge on any atom is 0.339 e. The number of ether oxygens (including phenoxy) is 2. The first kappa shape index (κ1) is 37.9. The minimum Gasteiger partial charge on any atom is -0.458 e. The molecule has 6 aromatic rings. The molecule has 0 saturated heterocycles. The molecule has 0 radical (unpaired) electrons. The van der Waals surface area contributed by atoms with E-state index in [0.29, 0.717) is 11.1 Å². The van der Waals surface area contributed by atoms with Crippen LogP contribution in [0.5, 0.6) is 0 Å². The first-order valence-electron chi connectivity index (χ1n) is 16.7. The Bertz CT molecular complexity index is 1860. The van der Waals surface area contributed by atoms with Crippen molar-refractivity contribution in [3.63, 3.8) is 0 Å². The van der Waals surface area contributed by atoms with E-state index in [1.54, 1.807) is 0 Å². The van der Waals surface area contributed by atoms with Gasteiger partial charge in [-0.15, -0.1) is 0 Å². The van der Waals surface area contributed by atoms with Gasteiger partial charge in [-0.3, -0.25) is 0 Å². The Hall–Kier alpha value is -3.82. The van der Waals surface area contributed by atoms with Gasteiger partial charge in [0.25, 0.3) is 0 Å². The zero-order chi connectivity index (χ0) is 36.5. The lowest BCUT2D eigenvalue weighted by Gasteiger charge is -2.17. The lowest BCUT2D eigenvalue weighted by atomic mass is 9.91. The molecule has 0 unspecified atom stereocenters. The molecule has 0 heterocycles. The molecule has 0 aromatic heterocycles. The van der Waals surface area contributed by atoms with Crippen LogP contribution in [0.25, 0.3) is 44.5 Å². The van der Waals surface area contributed by atoms with Gasteiger partial charge in [-0.1, -0.05) is 197 Å². The van der Waals surface area contributed by atoms with Crippen LogP contribution in [0.1, 0.15) is 43.0 Å². The van der Waals surface area contributed by atoms with E-state index in [0.717, 1.165) is 88.1 Å². The van der Waals surface area contributed by atoms with Crippen LogP contribution in [0.4, 0.5) is 0 Å². The van der Waals surface area contributed by atoms with Crippen molar-refractivity contribution in [1.29, 1.82) is 0 Å². The van der Waals surface area contributed by atoms with Crippen LogP contribution >= 0.6 is 63.7 Å². The van der Waals surface area contributed by atoms with E-state index in [9.17, 15) is 9.59 Å². The standard InChI is InChI=1S/C44H34Br4O4/c45-25-29-7-15-33(16-8-29)37-3-1-4-38(34-17-9-30(26-46)10-18-34)41(37)43(49)51-23-24-52-44(50)42-39(35-19-11-31(27-47)12-20-35)5-2-6-40(42)36-21-13-32(28-48)14-22-36/h1-22H,23-28H2. The van der Waals surface area contributed by atoms with Crippen LogP contribution in [0, 0.1) is 0 Å². The molecule has 52 heavy (non-hydrogen) atoms. The van der Waals surface area contributed by atoms with Gasteiger partial charge >= 0.3 is 11.9 Å². The van der Waals surface area contributed by atoms with E-state index in [1.807, 2.05) is 133 Å². The Labute approximate surface area is 338 Å². The number of alkyl halides is 4. The summed E-state index contributed by atoms with van der Waals surface area (Å²) in [5.41, 5.74) is 12.1. The number of carbonyl (C=O) groups is 2.